The zero-order valence-corrected chi connectivity index (χ0v) is 16.6. The molecular formula is C18H24BrClN4O. The van der Waals surface area contributed by atoms with Crippen molar-refractivity contribution < 1.29 is 4.79 Å². The van der Waals surface area contributed by atoms with Gasteiger partial charge in [-0.2, -0.15) is 5.10 Å². The summed E-state index contributed by atoms with van der Waals surface area (Å²) in [6, 6.07) is 10.4. The number of benzene rings is 1. The average Bonchev–Trinajstić information content (AvgIpc) is 3.08. The van der Waals surface area contributed by atoms with Crippen LogP contribution >= 0.6 is 28.3 Å². The van der Waals surface area contributed by atoms with E-state index in [0.29, 0.717) is 11.7 Å². The molecule has 2 aromatic rings. The van der Waals surface area contributed by atoms with Crippen molar-refractivity contribution in [2.75, 3.05) is 13.1 Å². The zero-order chi connectivity index (χ0) is 16.9. The average molecular weight is 428 g/mol. The highest BCUT2D eigenvalue weighted by Crippen LogP contribution is 2.16. The largest absolute Gasteiger partial charge is 0.348 e. The van der Waals surface area contributed by atoms with Gasteiger partial charge in [-0.15, -0.1) is 12.4 Å². The number of carbonyl (C=O) groups is 1. The SMILES string of the molecule is CC(Cc1ccc(Br)cc1)NC(=O)c1ccn(C2CCCNC2)n1.Cl. The van der Waals surface area contributed by atoms with Crippen LogP contribution in [-0.2, 0) is 6.42 Å². The molecule has 1 aromatic heterocycles. The maximum atomic E-state index is 12.4. The molecular weight excluding hydrogens is 404 g/mol. The minimum atomic E-state index is -0.109. The highest BCUT2D eigenvalue weighted by Gasteiger charge is 2.18. The Labute approximate surface area is 163 Å². The number of hydrogen-bond acceptors (Lipinski definition) is 3. The number of rotatable bonds is 5. The molecule has 2 unspecified atom stereocenters. The third kappa shape index (κ3) is 5.56. The number of piperidine rings is 1. The summed E-state index contributed by atoms with van der Waals surface area (Å²) in [5.74, 6) is -0.109. The highest BCUT2D eigenvalue weighted by atomic mass is 79.9. The maximum Gasteiger partial charge on any atom is 0.271 e. The number of nitrogens with one attached hydrogen (secondary N) is 2. The van der Waals surface area contributed by atoms with Crippen LogP contribution in [0.1, 0.15) is 41.9 Å². The summed E-state index contributed by atoms with van der Waals surface area (Å²) in [5, 5.41) is 10.9. The Morgan fingerprint density at radius 2 is 2.16 bits per heavy atom. The molecule has 3 rings (SSSR count). The van der Waals surface area contributed by atoms with Crippen LogP contribution in [0.4, 0.5) is 0 Å². The molecule has 1 amide bonds. The third-order valence-corrected chi connectivity index (χ3v) is 4.85. The fraction of sp³-hybridized carbons (Fsp3) is 0.444. The molecule has 0 saturated carbocycles. The van der Waals surface area contributed by atoms with Crippen molar-refractivity contribution in [3.05, 3.63) is 52.3 Å². The Bertz CT molecular complexity index is 683. The molecule has 5 nitrogen and oxygen atoms in total. The highest BCUT2D eigenvalue weighted by molar-refractivity contribution is 9.10. The van der Waals surface area contributed by atoms with Crippen LogP contribution in [0.2, 0.25) is 0 Å². The molecule has 2 N–H and O–H groups in total. The summed E-state index contributed by atoms with van der Waals surface area (Å²) in [7, 11) is 0. The smallest absolute Gasteiger partial charge is 0.271 e. The van der Waals surface area contributed by atoms with Crippen LogP contribution in [0.15, 0.2) is 41.0 Å². The van der Waals surface area contributed by atoms with Gasteiger partial charge in [0.2, 0.25) is 0 Å². The van der Waals surface area contributed by atoms with E-state index in [1.54, 1.807) is 6.07 Å². The van der Waals surface area contributed by atoms with Gasteiger partial charge in [0.25, 0.3) is 5.91 Å². The number of carbonyl (C=O) groups excluding carboxylic acids is 1. The van der Waals surface area contributed by atoms with Crippen LogP contribution in [0, 0.1) is 0 Å². The van der Waals surface area contributed by atoms with Crippen LogP contribution in [0.25, 0.3) is 0 Å². The lowest BCUT2D eigenvalue weighted by Gasteiger charge is -2.22. The van der Waals surface area contributed by atoms with E-state index in [9.17, 15) is 4.79 Å². The van der Waals surface area contributed by atoms with Gasteiger partial charge in [0.05, 0.1) is 6.04 Å². The van der Waals surface area contributed by atoms with Gasteiger partial charge in [0.1, 0.15) is 5.69 Å². The first-order chi connectivity index (χ1) is 11.6. The quantitative estimate of drug-likeness (QED) is 0.769. The second-order valence-electron chi connectivity index (χ2n) is 6.39. The van der Waals surface area contributed by atoms with Gasteiger partial charge in [-0.3, -0.25) is 9.48 Å². The van der Waals surface area contributed by atoms with Crippen molar-refractivity contribution >= 4 is 34.2 Å². The molecule has 136 valence electrons. The van der Waals surface area contributed by atoms with E-state index in [2.05, 4.69) is 43.8 Å². The monoisotopic (exact) mass is 426 g/mol. The fourth-order valence-corrected chi connectivity index (χ4v) is 3.31. The second kappa shape index (κ2) is 9.36. The van der Waals surface area contributed by atoms with Crippen molar-refractivity contribution in [2.45, 2.75) is 38.3 Å². The van der Waals surface area contributed by atoms with E-state index in [1.807, 2.05) is 29.9 Å². The number of amides is 1. The predicted molar refractivity (Wildman–Crippen MR) is 105 cm³/mol. The van der Waals surface area contributed by atoms with Crippen LogP contribution in [-0.4, -0.2) is 34.8 Å². The lowest BCUT2D eigenvalue weighted by atomic mass is 10.1. The molecule has 25 heavy (non-hydrogen) atoms. The standard InChI is InChI=1S/C18H23BrN4O.ClH/c1-13(11-14-4-6-15(19)7-5-14)21-18(24)17-8-10-23(22-17)16-3-2-9-20-12-16;/h4-8,10,13,16,20H,2-3,9,11-12H2,1H3,(H,21,24);1H. The van der Waals surface area contributed by atoms with Gasteiger partial charge in [-0.05, 0) is 56.5 Å². The molecule has 2 atom stereocenters. The summed E-state index contributed by atoms with van der Waals surface area (Å²) in [4.78, 5) is 12.4. The lowest BCUT2D eigenvalue weighted by molar-refractivity contribution is 0.0933. The Hall–Kier alpha value is -1.37. The molecule has 1 aliphatic rings. The summed E-state index contributed by atoms with van der Waals surface area (Å²) in [6.45, 7) is 4.00. The number of halogens is 2. The molecule has 0 radical (unpaired) electrons. The number of aromatic nitrogens is 2. The predicted octanol–water partition coefficient (Wildman–Crippen LogP) is 3.35. The Morgan fingerprint density at radius 3 is 2.84 bits per heavy atom. The van der Waals surface area contributed by atoms with E-state index in [-0.39, 0.29) is 24.4 Å². The summed E-state index contributed by atoms with van der Waals surface area (Å²) >= 11 is 3.43. The Balaban J connectivity index is 0.00000225. The third-order valence-electron chi connectivity index (χ3n) is 4.32. The molecule has 1 aromatic carbocycles. The van der Waals surface area contributed by atoms with Gasteiger partial charge in [-0.1, -0.05) is 28.1 Å². The van der Waals surface area contributed by atoms with Crippen LogP contribution in [0.5, 0.6) is 0 Å². The number of hydrogen-bond donors (Lipinski definition) is 2. The van der Waals surface area contributed by atoms with Gasteiger partial charge < -0.3 is 10.6 Å². The van der Waals surface area contributed by atoms with Crippen molar-refractivity contribution in [3.63, 3.8) is 0 Å². The van der Waals surface area contributed by atoms with Crippen molar-refractivity contribution in [2.24, 2.45) is 0 Å². The minimum absolute atomic E-state index is 0. The first-order valence-electron chi connectivity index (χ1n) is 8.43. The molecule has 0 spiro atoms. The maximum absolute atomic E-state index is 12.4. The molecule has 1 aliphatic heterocycles. The van der Waals surface area contributed by atoms with Gasteiger partial charge in [-0.25, -0.2) is 0 Å². The van der Waals surface area contributed by atoms with Crippen LogP contribution < -0.4 is 10.6 Å². The summed E-state index contributed by atoms with van der Waals surface area (Å²) in [5.41, 5.74) is 1.69. The van der Waals surface area contributed by atoms with E-state index in [4.69, 9.17) is 0 Å². The second-order valence-corrected chi connectivity index (χ2v) is 7.30. The molecule has 2 heterocycles. The van der Waals surface area contributed by atoms with E-state index in [1.165, 1.54) is 5.56 Å². The van der Waals surface area contributed by atoms with E-state index >= 15 is 0 Å². The van der Waals surface area contributed by atoms with Crippen molar-refractivity contribution in [3.8, 4) is 0 Å². The van der Waals surface area contributed by atoms with Gasteiger partial charge in [0.15, 0.2) is 0 Å². The number of nitrogens with zero attached hydrogens (tertiary/aromatic N) is 2. The topological polar surface area (TPSA) is 59.0 Å². The van der Waals surface area contributed by atoms with Crippen molar-refractivity contribution in [1.29, 1.82) is 0 Å². The first-order valence-corrected chi connectivity index (χ1v) is 9.22. The minimum Gasteiger partial charge on any atom is -0.348 e. The first kappa shape index (κ1) is 19.9. The van der Waals surface area contributed by atoms with Crippen LogP contribution in [0.3, 0.4) is 0 Å². The summed E-state index contributed by atoms with van der Waals surface area (Å²) in [6.07, 6.45) is 4.96. The molecule has 7 heteroatoms. The normalized spacial score (nSPS) is 18.2. The zero-order valence-electron chi connectivity index (χ0n) is 14.2. The lowest BCUT2D eigenvalue weighted by Crippen LogP contribution is -2.35. The van der Waals surface area contributed by atoms with E-state index < -0.39 is 0 Å². The summed E-state index contributed by atoms with van der Waals surface area (Å²) < 4.78 is 2.98. The fourth-order valence-electron chi connectivity index (χ4n) is 3.04. The Morgan fingerprint density at radius 1 is 1.40 bits per heavy atom. The van der Waals surface area contributed by atoms with Gasteiger partial charge in [0, 0.05) is 23.3 Å². The Kier molecular flexibility index (Phi) is 7.47. The van der Waals surface area contributed by atoms with Crippen molar-refractivity contribution in [1.82, 2.24) is 20.4 Å². The molecule has 1 saturated heterocycles. The molecule has 1 fully saturated rings. The van der Waals surface area contributed by atoms with Gasteiger partial charge >= 0.3 is 0 Å². The molecule has 0 aliphatic carbocycles. The van der Waals surface area contributed by atoms with E-state index in [0.717, 1.165) is 36.8 Å². The molecule has 0 bridgehead atoms.